The number of benzene rings is 1. The summed E-state index contributed by atoms with van der Waals surface area (Å²) in [5.74, 6) is -0.502. The van der Waals surface area contributed by atoms with Crippen molar-refractivity contribution in [1.82, 2.24) is 10.2 Å². The molecule has 0 aromatic heterocycles. The molecule has 1 fully saturated rings. The highest BCUT2D eigenvalue weighted by molar-refractivity contribution is 5.34. The highest BCUT2D eigenvalue weighted by atomic mass is 19.1. The van der Waals surface area contributed by atoms with Crippen molar-refractivity contribution < 1.29 is 9.31 Å². The van der Waals surface area contributed by atoms with Crippen LogP contribution in [0.4, 0.5) is 10.1 Å². The molecular formula is C11H14FN3O2. The normalized spacial score (nSPS) is 17.0. The molecule has 1 aliphatic rings. The van der Waals surface area contributed by atoms with Crippen LogP contribution >= 0.6 is 0 Å². The molecule has 0 atom stereocenters. The van der Waals surface area contributed by atoms with E-state index in [1.54, 1.807) is 0 Å². The smallest absolute Gasteiger partial charge is 0.272 e. The Kier molecular flexibility index (Phi) is 3.65. The van der Waals surface area contributed by atoms with E-state index in [1.165, 1.54) is 12.1 Å². The van der Waals surface area contributed by atoms with Crippen molar-refractivity contribution in [3.05, 3.63) is 39.7 Å². The number of nitro groups is 1. The lowest BCUT2D eigenvalue weighted by molar-refractivity contribution is -0.385. The van der Waals surface area contributed by atoms with Gasteiger partial charge in [-0.2, -0.15) is 0 Å². The Hall–Kier alpha value is -1.53. The van der Waals surface area contributed by atoms with E-state index in [0.29, 0.717) is 12.1 Å². The monoisotopic (exact) mass is 239 g/mol. The van der Waals surface area contributed by atoms with Crippen LogP contribution in [0, 0.1) is 15.9 Å². The van der Waals surface area contributed by atoms with Gasteiger partial charge in [-0.15, -0.1) is 0 Å². The average Bonchev–Trinajstić information content (AvgIpc) is 2.33. The van der Waals surface area contributed by atoms with E-state index >= 15 is 0 Å². The lowest BCUT2D eigenvalue weighted by Crippen LogP contribution is -2.43. The van der Waals surface area contributed by atoms with Crippen LogP contribution in [0.1, 0.15) is 5.56 Å². The third-order valence-electron chi connectivity index (χ3n) is 2.85. The number of nitro benzene ring substituents is 1. The molecule has 0 amide bonds. The minimum atomic E-state index is -0.586. The molecule has 1 N–H and O–H groups in total. The van der Waals surface area contributed by atoms with Crippen LogP contribution in [0.15, 0.2) is 18.2 Å². The van der Waals surface area contributed by atoms with E-state index < -0.39 is 10.7 Å². The van der Waals surface area contributed by atoms with Gasteiger partial charge in [-0.25, -0.2) is 4.39 Å². The topological polar surface area (TPSA) is 58.4 Å². The summed E-state index contributed by atoms with van der Waals surface area (Å²) in [6, 6.07) is 3.83. The first-order valence-corrected chi connectivity index (χ1v) is 5.53. The van der Waals surface area contributed by atoms with Gasteiger partial charge in [-0.05, 0) is 6.07 Å². The second-order valence-corrected chi connectivity index (χ2v) is 4.06. The Balaban J connectivity index is 2.08. The summed E-state index contributed by atoms with van der Waals surface area (Å²) in [6.07, 6.45) is 0. The Morgan fingerprint density at radius 1 is 1.41 bits per heavy atom. The van der Waals surface area contributed by atoms with Gasteiger partial charge in [0.25, 0.3) is 5.69 Å². The minimum Gasteiger partial charge on any atom is -0.314 e. The fourth-order valence-corrected chi connectivity index (χ4v) is 1.89. The second-order valence-electron chi connectivity index (χ2n) is 4.06. The van der Waals surface area contributed by atoms with Gasteiger partial charge in [0.2, 0.25) is 0 Å². The molecule has 1 aromatic rings. The fraction of sp³-hybridized carbons (Fsp3) is 0.455. The number of hydrogen-bond acceptors (Lipinski definition) is 4. The number of rotatable bonds is 3. The zero-order valence-corrected chi connectivity index (χ0v) is 9.36. The molecule has 1 heterocycles. The summed E-state index contributed by atoms with van der Waals surface area (Å²) >= 11 is 0. The molecule has 0 spiro atoms. The summed E-state index contributed by atoms with van der Waals surface area (Å²) in [5.41, 5.74) is 0.309. The fourth-order valence-electron chi connectivity index (χ4n) is 1.89. The summed E-state index contributed by atoms with van der Waals surface area (Å²) in [5, 5.41) is 13.7. The lowest BCUT2D eigenvalue weighted by atomic mass is 10.1. The molecule has 0 radical (unpaired) electrons. The molecular weight excluding hydrogens is 225 g/mol. The first-order chi connectivity index (χ1) is 8.16. The van der Waals surface area contributed by atoms with Crippen molar-refractivity contribution in [2.45, 2.75) is 6.54 Å². The van der Waals surface area contributed by atoms with Gasteiger partial charge in [-0.3, -0.25) is 15.0 Å². The van der Waals surface area contributed by atoms with Crippen molar-refractivity contribution in [2.75, 3.05) is 26.2 Å². The van der Waals surface area contributed by atoms with E-state index in [1.807, 2.05) is 0 Å². The first-order valence-electron chi connectivity index (χ1n) is 5.53. The highest BCUT2D eigenvalue weighted by Crippen LogP contribution is 2.18. The molecule has 6 heteroatoms. The van der Waals surface area contributed by atoms with E-state index in [2.05, 4.69) is 10.2 Å². The van der Waals surface area contributed by atoms with Crippen molar-refractivity contribution in [3.63, 3.8) is 0 Å². The van der Waals surface area contributed by atoms with E-state index in [0.717, 1.165) is 32.2 Å². The number of nitrogens with one attached hydrogen (secondary N) is 1. The van der Waals surface area contributed by atoms with Crippen molar-refractivity contribution in [3.8, 4) is 0 Å². The van der Waals surface area contributed by atoms with E-state index in [-0.39, 0.29) is 5.69 Å². The Morgan fingerprint density at radius 2 is 2.12 bits per heavy atom. The molecule has 0 unspecified atom stereocenters. The van der Waals surface area contributed by atoms with Crippen LogP contribution < -0.4 is 5.32 Å². The van der Waals surface area contributed by atoms with Gasteiger partial charge in [0, 0.05) is 44.4 Å². The molecule has 1 aromatic carbocycles. The maximum atomic E-state index is 13.6. The summed E-state index contributed by atoms with van der Waals surface area (Å²) < 4.78 is 13.6. The molecule has 5 nitrogen and oxygen atoms in total. The molecule has 0 saturated carbocycles. The quantitative estimate of drug-likeness (QED) is 0.634. The predicted octanol–water partition coefficient (Wildman–Crippen LogP) is 1.14. The first kappa shape index (κ1) is 11.9. The van der Waals surface area contributed by atoms with Crippen molar-refractivity contribution in [1.29, 1.82) is 0 Å². The zero-order chi connectivity index (χ0) is 12.3. The summed E-state index contributed by atoms with van der Waals surface area (Å²) in [6.45, 7) is 4.04. The zero-order valence-electron chi connectivity index (χ0n) is 9.36. The maximum Gasteiger partial charge on any atom is 0.272 e. The number of halogens is 1. The average molecular weight is 239 g/mol. The van der Waals surface area contributed by atoms with Crippen LogP contribution in [0.5, 0.6) is 0 Å². The third-order valence-corrected chi connectivity index (χ3v) is 2.85. The van der Waals surface area contributed by atoms with Crippen LogP contribution in [0.2, 0.25) is 0 Å². The van der Waals surface area contributed by atoms with Gasteiger partial charge >= 0.3 is 0 Å². The number of hydrogen-bond donors (Lipinski definition) is 1. The highest BCUT2D eigenvalue weighted by Gasteiger charge is 2.15. The van der Waals surface area contributed by atoms with Crippen LogP contribution in [-0.2, 0) is 6.54 Å². The largest absolute Gasteiger partial charge is 0.314 e. The Morgan fingerprint density at radius 3 is 2.71 bits per heavy atom. The van der Waals surface area contributed by atoms with E-state index in [4.69, 9.17) is 0 Å². The Bertz CT molecular complexity index is 419. The minimum absolute atomic E-state index is 0.202. The van der Waals surface area contributed by atoms with Gasteiger partial charge in [0.05, 0.1) is 11.0 Å². The molecule has 1 saturated heterocycles. The lowest BCUT2D eigenvalue weighted by Gasteiger charge is -2.27. The number of nitrogens with zero attached hydrogens (tertiary/aromatic N) is 2. The predicted molar refractivity (Wildman–Crippen MR) is 61.2 cm³/mol. The molecule has 92 valence electrons. The van der Waals surface area contributed by atoms with Gasteiger partial charge in [0.15, 0.2) is 0 Å². The number of non-ortho nitro benzene ring substituents is 1. The van der Waals surface area contributed by atoms with Crippen LogP contribution in [-0.4, -0.2) is 36.0 Å². The van der Waals surface area contributed by atoms with E-state index in [9.17, 15) is 14.5 Å². The van der Waals surface area contributed by atoms with Gasteiger partial charge < -0.3 is 5.32 Å². The maximum absolute atomic E-state index is 13.6. The van der Waals surface area contributed by atoms with Gasteiger partial charge in [-0.1, -0.05) is 0 Å². The Labute approximate surface area is 98.4 Å². The summed E-state index contributed by atoms with van der Waals surface area (Å²) in [7, 11) is 0. The number of piperazine rings is 1. The summed E-state index contributed by atoms with van der Waals surface area (Å²) in [4.78, 5) is 12.0. The van der Waals surface area contributed by atoms with Crippen LogP contribution in [0.3, 0.4) is 0 Å². The standard InChI is InChI=1S/C11H14FN3O2/c12-11-7-10(15(16)17)2-1-9(11)8-14-5-3-13-4-6-14/h1-2,7,13H,3-6,8H2. The van der Waals surface area contributed by atoms with Crippen LogP contribution in [0.25, 0.3) is 0 Å². The molecule has 0 aliphatic carbocycles. The molecule has 1 aliphatic heterocycles. The molecule has 2 rings (SSSR count). The van der Waals surface area contributed by atoms with Crippen molar-refractivity contribution >= 4 is 5.69 Å². The SMILES string of the molecule is O=[N+]([O-])c1ccc(CN2CCNCC2)c(F)c1. The second kappa shape index (κ2) is 5.20. The van der Waals surface area contributed by atoms with Gasteiger partial charge in [0.1, 0.15) is 5.82 Å². The van der Waals surface area contributed by atoms with Crippen molar-refractivity contribution in [2.24, 2.45) is 0 Å². The third kappa shape index (κ3) is 2.98. The molecule has 0 bridgehead atoms. The molecule has 17 heavy (non-hydrogen) atoms.